The zero-order valence-electron chi connectivity index (χ0n) is 21.0. The van der Waals surface area contributed by atoms with Crippen LogP contribution in [0.25, 0.3) is 0 Å². The maximum Gasteiger partial charge on any atom is 0.287 e. The minimum Gasteiger partial charge on any atom is -0.486 e. The Labute approximate surface area is 207 Å². The van der Waals surface area contributed by atoms with E-state index in [0.29, 0.717) is 36.9 Å². The number of fused-ring (bicyclic) bond motifs is 1. The molecule has 0 bridgehead atoms. The molecule has 2 aromatic carbocycles. The van der Waals surface area contributed by atoms with Gasteiger partial charge in [-0.1, -0.05) is 56.7 Å². The lowest BCUT2D eigenvalue weighted by molar-refractivity contribution is -0.132. The number of nitrogens with one attached hydrogen (secondary N) is 1. The number of hydrogen-bond acceptors (Lipinski definition) is 4. The zero-order valence-corrected chi connectivity index (χ0v) is 21.0. The molecule has 0 radical (unpaired) electrons. The SMILES string of the molecule is CCC(=O)N1CCc2ccc(OCc3ccc(C(=O)NCC(C)C)o3)cc2[C@H]1c1cccc(C)c1. The summed E-state index contributed by atoms with van der Waals surface area (Å²) in [6, 6.07) is 17.7. The topological polar surface area (TPSA) is 71.8 Å². The average molecular weight is 475 g/mol. The molecular weight excluding hydrogens is 440 g/mol. The summed E-state index contributed by atoms with van der Waals surface area (Å²) in [6.07, 6.45) is 1.29. The number of carbonyl (C=O) groups is 2. The second-order valence-corrected chi connectivity index (χ2v) is 9.53. The first-order chi connectivity index (χ1) is 16.9. The van der Waals surface area contributed by atoms with Crippen molar-refractivity contribution in [2.24, 2.45) is 5.92 Å². The van der Waals surface area contributed by atoms with Gasteiger partial charge in [-0.3, -0.25) is 9.59 Å². The van der Waals surface area contributed by atoms with Gasteiger partial charge in [0.05, 0.1) is 6.04 Å². The summed E-state index contributed by atoms with van der Waals surface area (Å²) in [7, 11) is 0. The van der Waals surface area contributed by atoms with Crippen molar-refractivity contribution in [3.05, 3.63) is 88.4 Å². The number of furan rings is 1. The number of carbonyl (C=O) groups excluding carboxylic acids is 2. The number of rotatable bonds is 8. The first-order valence-electron chi connectivity index (χ1n) is 12.3. The van der Waals surface area contributed by atoms with Gasteiger partial charge in [0.1, 0.15) is 18.1 Å². The van der Waals surface area contributed by atoms with E-state index in [0.717, 1.165) is 23.1 Å². The number of amides is 2. The Morgan fingerprint density at radius 2 is 1.97 bits per heavy atom. The molecule has 1 aromatic heterocycles. The van der Waals surface area contributed by atoms with Gasteiger partial charge in [0.25, 0.3) is 5.91 Å². The Morgan fingerprint density at radius 3 is 2.71 bits per heavy atom. The summed E-state index contributed by atoms with van der Waals surface area (Å²) in [4.78, 5) is 27.0. The molecule has 0 saturated carbocycles. The molecule has 1 N–H and O–H groups in total. The van der Waals surface area contributed by atoms with Gasteiger partial charge in [0, 0.05) is 19.5 Å². The van der Waals surface area contributed by atoms with E-state index in [1.807, 2.05) is 43.9 Å². The molecule has 0 aliphatic carbocycles. The molecule has 3 aromatic rings. The van der Waals surface area contributed by atoms with Gasteiger partial charge >= 0.3 is 0 Å². The Morgan fingerprint density at radius 1 is 1.14 bits per heavy atom. The van der Waals surface area contributed by atoms with Crippen LogP contribution < -0.4 is 10.1 Å². The first-order valence-corrected chi connectivity index (χ1v) is 12.3. The Balaban J connectivity index is 1.54. The smallest absolute Gasteiger partial charge is 0.287 e. The summed E-state index contributed by atoms with van der Waals surface area (Å²) >= 11 is 0. The summed E-state index contributed by atoms with van der Waals surface area (Å²) in [6.45, 7) is 9.57. The minimum atomic E-state index is -0.222. The summed E-state index contributed by atoms with van der Waals surface area (Å²) < 4.78 is 11.7. The fourth-order valence-electron chi connectivity index (χ4n) is 4.47. The normalized spacial score (nSPS) is 15.1. The third-order valence-electron chi connectivity index (χ3n) is 6.26. The molecule has 0 fully saturated rings. The van der Waals surface area contributed by atoms with Crippen LogP contribution in [0.2, 0.25) is 0 Å². The van der Waals surface area contributed by atoms with Crippen molar-refractivity contribution in [2.45, 2.75) is 53.2 Å². The molecule has 2 amide bonds. The lowest BCUT2D eigenvalue weighted by Gasteiger charge is -2.38. The fourth-order valence-corrected chi connectivity index (χ4v) is 4.47. The van der Waals surface area contributed by atoms with E-state index in [-0.39, 0.29) is 30.2 Å². The van der Waals surface area contributed by atoms with Crippen LogP contribution in [0.3, 0.4) is 0 Å². The zero-order chi connectivity index (χ0) is 24.9. The number of benzene rings is 2. The molecule has 6 nitrogen and oxygen atoms in total. The quantitative estimate of drug-likeness (QED) is 0.472. The lowest BCUT2D eigenvalue weighted by Crippen LogP contribution is -2.40. The predicted molar refractivity (Wildman–Crippen MR) is 135 cm³/mol. The van der Waals surface area contributed by atoms with Gasteiger partial charge in [0.2, 0.25) is 5.91 Å². The Bertz CT molecular complexity index is 1200. The van der Waals surface area contributed by atoms with E-state index in [1.54, 1.807) is 12.1 Å². The second kappa shape index (κ2) is 10.8. The number of aryl methyl sites for hydroxylation is 1. The predicted octanol–water partition coefficient (Wildman–Crippen LogP) is 5.44. The average Bonchev–Trinajstić information content (AvgIpc) is 3.34. The van der Waals surface area contributed by atoms with Crippen LogP contribution in [0, 0.1) is 12.8 Å². The van der Waals surface area contributed by atoms with Gasteiger partial charge in [0.15, 0.2) is 5.76 Å². The van der Waals surface area contributed by atoms with Gasteiger partial charge in [-0.15, -0.1) is 0 Å². The molecule has 4 rings (SSSR count). The van der Waals surface area contributed by atoms with Crippen LogP contribution in [-0.2, 0) is 17.8 Å². The second-order valence-electron chi connectivity index (χ2n) is 9.53. The molecule has 2 heterocycles. The molecule has 1 aliphatic rings. The maximum absolute atomic E-state index is 12.8. The molecule has 0 saturated heterocycles. The van der Waals surface area contributed by atoms with Crippen LogP contribution in [0.15, 0.2) is 59.0 Å². The van der Waals surface area contributed by atoms with E-state index in [9.17, 15) is 9.59 Å². The van der Waals surface area contributed by atoms with Crippen molar-refractivity contribution in [1.29, 1.82) is 0 Å². The van der Waals surface area contributed by atoms with E-state index in [2.05, 4.69) is 36.5 Å². The van der Waals surface area contributed by atoms with Crippen molar-refractivity contribution >= 4 is 11.8 Å². The van der Waals surface area contributed by atoms with Gasteiger partial charge in [-0.25, -0.2) is 0 Å². The van der Waals surface area contributed by atoms with Crippen LogP contribution >= 0.6 is 0 Å². The number of hydrogen-bond donors (Lipinski definition) is 1. The monoisotopic (exact) mass is 474 g/mol. The van der Waals surface area contributed by atoms with Crippen LogP contribution in [0.4, 0.5) is 0 Å². The molecule has 6 heteroatoms. The third-order valence-corrected chi connectivity index (χ3v) is 6.26. The summed E-state index contributed by atoms with van der Waals surface area (Å²) in [5, 5.41) is 2.86. The molecule has 0 spiro atoms. The van der Waals surface area contributed by atoms with E-state index in [4.69, 9.17) is 9.15 Å². The van der Waals surface area contributed by atoms with Crippen molar-refractivity contribution in [2.75, 3.05) is 13.1 Å². The van der Waals surface area contributed by atoms with Gasteiger partial charge in [-0.2, -0.15) is 0 Å². The maximum atomic E-state index is 12.8. The van der Waals surface area contributed by atoms with Crippen LogP contribution in [0.1, 0.15) is 71.8 Å². The standard InChI is InChI=1S/C29H34N2O4/c1-5-27(32)31-14-13-21-9-10-23(16-25(21)28(31)22-8-6-7-20(4)15-22)34-18-24-11-12-26(35-24)29(33)30-17-19(2)3/h6-12,15-16,19,28H,5,13-14,17-18H2,1-4H3,(H,30,33)/t28-/m1/s1. The van der Waals surface area contributed by atoms with Crippen molar-refractivity contribution in [3.63, 3.8) is 0 Å². The molecule has 1 aliphatic heterocycles. The Hall–Kier alpha value is -3.54. The minimum absolute atomic E-state index is 0.144. The highest BCUT2D eigenvalue weighted by Crippen LogP contribution is 2.38. The molecular formula is C29H34N2O4. The fraction of sp³-hybridized carbons (Fsp3) is 0.379. The molecule has 35 heavy (non-hydrogen) atoms. The lowest BCUT2D eigenvalue weighted by atomic mass is 9.87. The highest BCUT2D eigenvalue weighted by Gasteiger charge is 2.31. The third kappa shape index (κ3) is 5.76. The molecule has 184 valence electrons. The highest BCUT2D eigenvalue weighted by atomic mass is 16.5. The first kappa shape index (κ1) is 24.6. The summed E-state index contributed by atoms with van der Waals surface area (Å²) in [5.41, 5.74) is 4.59. The number of nitrogens with zero attached hydrogens (tertiary/aromatic N) is 1. The molecule has 1 atom stereocenters. The number of ether oxygens (including phenoxy) is 1. The Kier molecular flexibility index (Phi) is 7.59. The van der Waals surface area contributed by atoms with Crippen molar-refractivity contribution < 1.29 is 18.7 Å². The van der Waals surface area contributed by atoms with Crippen molar-refractivity contribution in [3.8, 4) is 5.75 Å². The van der Waals surface area contributed by atoms with E-state index < -0.39 is 0 Å². The van der Waals surface area contributed by atoms with E-state index in [1.165, 1.54) is 5.56 Å². The van der Waals surface area contributed by atoms with E-state index >= 15 is 0 Å². The van der Waals surface area contributed by atoms with Crippen LogP contribution in [-0.4, -0.2) is 29.8 Å². The van der Waals surface area contributed by atoms with Crippen LogP contribution in [0.5, 0.6) is 5.75 Å². The van der Waals surface area contributed by atoms with Gasteiger partial charge < -0.3 is 19.4 Å². The summed E-state index contributed by atoms with van der Waals surface area (Å²) in [5.74, 6) is 1.86. The molecule has 0 unspecified atom stereocenters. The highest BCUT2D eigenvalue weighted by molar-refractivity contribution is 5.91. The van der Waals surface area contributed by atoms with Gasteiger partial charge in [-0.05, 0) is 60.2 Å². The largest absolute Gasteiger partial charge is 0.486 e. The van der Waals surface area contributed by atoms with Crippen molar-refractivity contribution in [1.82, 2.24) is 10.2 Å².